The van der Waals surface area contributed by atoms with Gasteiger partial charge in [0.25, 0.3) is 0 Å². The van der Waals surface area contributed by atoms with E-state index in [2.05, 4.69) is 32.1 Å². The van der Waals surface area contributed by atoms with Gasteiger partial charge in [0, 0.05) is 11.3 Å². The molecule has 0 radical (unpaired) electrons. The van der Waals surface area contributed by atoms with E-state index in [4.69, 9.17) is 5.73 Å². The van der Waals surface area contributed by atoms with Crippen LogP contribution in [0.1, 0.15) is 31.4 Å². The average Bonchev–Trinajstić information content (AvgIpc) is 2.18. The lowest BCUT2D eigenvalue weighted by Gasteiger charge is -2.10. The van der Waals surface area contributed by atoms with Crippen LogP contribution < -0.4 is 5.73 Å². The Kier molecular flexibility index (Phi) is 4.17. The fraction of sp³-hybridized carbons (Fsp3) is 0.286. The van der Waals surface area contributed by atoms with Crippen molar-refractivity contribution >= 4 is 11.3 Å². The molecule has 0 aliphatic rings. The van der Waals surface area contributed by atoms with E-state index >= 15 is 0 Å². The third kappa shape index (κ3) is 2.72. The minimum absolute atomic E-state index is 0.854. The molecule has 1 nitrogen and oxygen atoms in total. The first-order valence-corrected chi connectivity index (χ1v) is 5.39. The molecule has 1 heteroatoms. The van der Waals surface area contributed by atoms with Gasteiger partial charge >= 0.3 is 0 Å². The number of hydrogen-bond donors (Lipinski definition) is 1. The lowest BCUT2D eigenvalue weighted by molar-refractivity contribution is 1.22. The van der Waals surface area contributed by atoms with Gasteiger partial charge in [-0.3, -0.25) is 0 Å². The summed E-state index contributed by atoms with van der Waals surface area (Å²) in [4.78, 5) is 0. The highest BCUT2D eigenvalue weighted by Gasteiger charge is 2.05. The van der Waals surface area contributed by atoms with Crippen LogP contribution in [0.3, 0.4) is 0 Å². The lowest BCUT2D eigenvalue weighted by Crippen LogP contribution is -1.95. The predicted molar refractivity (Wildman–Crippen MR) is 68.7 cm³/mol. The molecule has 2 N–H and O–H groups in total. The first-order chi connectivity index (χ1) is 7.20. The van der Waals surface area contributed by atoms with Crippen molar-refractivity contribution < 1.29 is 0 Å². The Morgan fingerprint density at radius 3 is 2.67 bits per heavy atom. The number of anilines is 1. The second-order valence-corrected chi connectivity index (χ2v) is 3.61. The molecule has 0 heterocycles. The Labute approximate surface area is 92.3 Å². The normalized spacial score (nSPS) is 12.3. The van der Waals surface area contributed by atoms with Crippen LogP contribution in [0, 0.1) is 6.92 Å². The Hall–Kier alpha value is -1.50. The zero-order valence-electron chi connectivity index (χ0n) is 9.75. The van der Waals surface area contributed by atoms with Gasteiger partial charge in [-0.2, -0.15) is 0 Å². The Morgan fingerprint density at radius 2 is 2.13 bits per heavy atom. The number of hydrogen-bond acceptors (Lipinski definition) is 1. The summed E-state index contributed by atoms with van der Waals surface area (Å²) in [6.45, 7) is 6.26. The number of rotatable bonds is 3. The van der Waals surface area contributed by atoms with Crippen LogP contribution in [0.25, 0.3) is 5.57 Å². The van der Waals surface area contributed by atoms with Crippen molar-refractivity contribution in [1.82, 2.24) is 0 Å². The molecule has 0 saturated carbocycles. The van der Waals surface area contributed by atoms with Crippen LogP contribution in [0.2, 0.25) is 0 Å². The van der Waals surface area contributed by atoms with Gasteiger partial charge < -0.3 is 5.73 Å². The standard InChI is InChI=1S/C14H19N/c1-4-7-12(8-5-2)14-11(3)9-6-10-13(14)15/h4,6-10H,5,15H2,1-3H3/b7-4-,12-8+. The fourth-order valence-electron chi connectivity index (χ4n) is 1.74. The molecule has 1 aromatic rings. The van der Waals surface area contributed by atoms with Gasteiger partial charge in [0.1, 0.15) is 0 Å². The second kappa shape index (κ2) is 5.40. The molecule has 0 fully saturated rings. The maximum absolute atomic E-state index is 6.01. The number of benzene rings is 1. The third-order valence-electron chi connectivity index (χ3n) is 2.36. The van der Waals surface area contributed by atoms with Gasteiger partial charge in [0.15, 0.2) is 0 Å². The molecular weight excluding hydrogens is 182 g/mol. The number of allylic oxidation sites excluding steroid dienone is 4. The van der Waals surface area contributed by atoms with Gasteiger partial charge in [0.2, 0.25) is 0 Å². The van der Waals surface area contributed by atoms with Crippen molar-refractivity contribution in [2.45, 2.75) is 27.2 Å². The molecule has 0 bridgehead atoms. The van der Waals surface area contributed by atoms with Crippen molar-refractivity contribution in [3.05, 3.63) is 47.6 Å². The zero-order chi connectivity index (χ0) is 11.3. The molecule has 0 aromatic heterocycles. The van der Waals surface area contributed by atoms with Crippen molar-refractivity contribution in [3.63, 3.8) is 0 Å². The number of nitrogen functional groups attached to an aromatic ring is 1. The maximum Gasteiger partial charge on any atom is 0.0396 e. The van der Waals surface area contributed by atoms with Crippen molar-refractivity contribution in [2.75, 3.05) is 5.73 Å². The first kappa shape index (κ1) is 11.6. The SMILES string of the molecule is C/C=C\C(=C/CC)c1c(C)cccc1N. The van der Waals surface area contributed by atoms with Crippen LogP contribution in [0.5, 0.6) is 0 Å². The molecule has 80 valence electrons. The molecule has 0 atom stereocenters. The monoisotopic (exact) mass is 201 g/mol. The summed E-state index contributed by atoms with van der Waals surface area (Å²) in [6.07, 6.45) is 7.39. The van der Waals surface area contributed by atoms with E-state index in [1.807, 2.05) is 25.1 Å². The lowest BCUT2D eigenvalue weighted by atomic mass is 9.97. The highest BCUT2D eigenvalue weighted by atomic mass is 14.6. The van der Waals surface area contributed by atoms with Crippen LogP contribution in [-0.2, 0) is 0 Å². The molecule has 0 aliphatic carbocycles. The molecule has 1 aromatic carbocycles. The minimum atomic E-state index is 0.854. The summed E-state index contributed by atoms with van der Waals surface area (Å²) in [6, 6.07) is 6.04. The van der Waals surface area contributed by atoms with E-state index in [1.54, 1.807) is 0 Å². The Morgan fingerprint density at radius 1 is 1.40 bits per heavy atom. The maximum atomic E-state index is 6.01. The van der Waals surface area contributed by atoms with Crippen LogP contribution >= 0.6 is 0 Å². The van der Waals surface area contributed by atoms with Crippen LogP contribution in [0.15, 0.2) is 36.4 Å². The van der Waals surface area contributed by atoms with Gasteiger partial charge in [-0.15, -0.1) is 0 Å². The Balaban J connectivity index is 3.28. The van der Waals surface area contributed by atoms with Gasteiger partial charge in [0.05, 0.1) is 0 Å². The summed E-state index contributed by atoms with van der Waals surface area (Å²) >= 11 is 0. The number of nitrogens with two attached hydrogens (primary N) is 1. The van der Waals surface area contributed by atoms with E-state index in [-0.39, 0.29) is 0 Å². The molecule has 0 amide bonds. The topological polar surface area (TPSA) is 26.0 Å². The summed E-state index contributed by atoms with van der Waals surface area (Å²) in [5.74, 6) is 0. The van der Waals surface area contributed by atoms with Crippen LogP contribution in [0.4, 0.5) is 5.69 Å². The molecule has 0 spiro atoms. The number of aryl methyl sites for hydroxylation is 1. The molecule has 0 saturated heterocycles. The highest BCUT2D eigenvalue weighted by molar-refractivity contribution is 5.82. The predicted octanol–water partition coefficient (Wildman–Crippen LogP) is 3.95. The largest absolute Gasteiger partial charge is 0.398 e. The van der Waals surface area contributed by atoms with Crippen molar-refractivity contribution in [1.29, 1.82) is 0 Å². The van der Waals surface area contributed by atoms with Crippen LogP contribution in [-0.4, -0.2) is 0 Å². The molecule has 15 heavy (non-hydrogen) atoms. The average molecular weight is 201 g/mol. The second-order valence-electron chi connectivity index (χ2n) is 3.61. The van der Waals surface area contributed by atoms with Crippen molar-refractivity contribution in [3.8, 4) is 0 Å². The summed E-state index contributed by atoms with van der Waals surface area (Å²) in [7, 11) is 0. The van der Waals surface area contributed by atoms with Gasteiger partial charge in [-0.25, -0.2) is 0 Å². The first-order valence-electron chi connectivity index (χ1n) is 5.39. The van der Waals surface area contributed by atoms with E-state index in [0.29, 0.717) is 0 Å². The fourth-order valence-corrected chi connectivity index (χ4v) is 1.74. The summed E-state index contributed by atoms with van der Waals surface area (Å²) < 4.78 is 0. The third-order valence-corrected chi connectivity index (χ3v) is 2.36. The quantitative estimate of drug-likeness (QED) is 0.581. The molecule has 0 aliphatic heterocycles. The van der Waals surface area contributed by atoms with Crippen molar-refractivity contribution in [2.24, 2.45) is 0 Å². The minimum Gasteiger partial charge on any atom is -0.398 e. The van der Waals surface area contributed by atoms with Gasteiger partial charge in [-0.1, -0.05) is 37.3 Å². The molecule has 1 rings (SSSR count). The zero-order valence-corrected chi connectivity index (χ0v) is 9.75. The van der Waals surface area contributed by atoms with E-state index in [9.17, 15) is 0 Å². The molecular formula is C14H19N. The smallest absolute Gasteiger partial charge is 0.0396 e. The van der Waals surface area contributed by atoms with E-state index in [0.717, 1.165) is 17.7 Å². The van der Waals surface area contributed by atoms with E-state index in [1.165, 1.54) is 11.1 Å². The Bertz CT molecular complexity index is 366. The summed E-state index contributed by atoms with van der Waals surface area (Å²) in [5.41, 5.74) is 10.5. The van der Waals surface area contributed by atoms with E-state index < -0.39 is 0 Å². The highest BCUT2D eigenvalue weighted by Crippen LogP contribution is 2.26. The summed E-state index contributed by atoms with van der Waals surface area (Å²) in [5, 5.41) is 0. The van der Waals surface area contributed by atoms with Gasteiger partial charge in [-0.05, 0) is 37.5 Å². The molecule has 0 unspecified atom stereocenters.